The molecule has 1 atom stereocenters. The van der Waals surface area contributed by atoms with Crippen LogP contribution < -0.4 is 15.0 Å². The maximum absolute atomic E-state index is 13.4. The van der Waals surface area contributed by atoms with E-state index in [-0.39, 0.29) is 6.03 Å². The fourth-order valence-electron chi connectivity index (χ4n) is 4.28. The van der Waals surface area contributed by atoms with Gasteiger partial charge in [0.05, 0.1) is 24.4 Å². The molecule has 1 aliphatic heterocycles. The number of urea groups is 1. The Balaban J connectivity index is 1.63. The van der Waals surface area contributed by atoms with E-state index in [1.54, 1.807) is 12.0 Å². The highest BCUT2D eigenvalue weighted by atomic mass is 16.5. The summed E-state index contributed by atoms with van der Waals surface area (Å²) in [6, 6.07) is 22.6. The molecule has 3 aromatic carbocycles. The van der Waals surface area contributed by atoms with Crippen LogP contribution in [0.15, 0.2) is 83.0 Å². The van der Waals surface area contributed by atoms with Crippen LogP contribution in [0.25, 0.3) is 17.0 Å². The van der Waals surface area contributed by atoms with Crippen molar-refractivity contribution in [2.45, 2.75) is 26.8 Å². The van der Waals surface area contributed by atoms with Crippen molar-refractivity contribution >= 4 is 17.3 Å². The third-order valence-corrected chi connectivity index (χ3v) is 6.37. The standard InChI is InChI=1S/C28H26N4O3/c1-17-10-13-22(16-18(17)2)32-19(3)24(25(29-28(32)33)20-8-6-5-7-9-20)27-30-26(31-35-27)21-11-14-23(34-4)15-12-21/h5-16,25H,1-4H3,(H,29,33). The lowest BCUT2D eigenvalue weighted by Crippen LogP contribution is -2.46. The monoisotopic (exact) mass is 466 g/mol. The number of allylic oxidation sites excluding steroid dienone is 1. The topological polar surface area (TPSA) is 80.5 Å². The fourth-order valence-corrected chi connectivity index (χ4v) is 4.28. The molecule has 176 valence electrons. The van der Waals surface area contributed by atoms with Crippen LogP contribution in [-0.2, 0) is 0 Å². The lowest BCUT2D eigenvalue weighted by molar-refractivity contribution is 0.244. The molecule has 4 aromatic rings. The number of benzene rings is 3. The summed E-state index contributed by atoms with van der Waals surface area (Å²) in [4.78, 5) is 19.7. The normalized spacial score (nSPS) is 15.8. The van der Waals surface area contributed by atoms with Gasteiger partial charge in [-0.2, -0.15) is 4.98 Å². The zero-order valence-corrected chi connectivity index (χ0v) is 20.1. The van der Waals surface area contributed by atoms with E-state index in [0.717, 1.165) is 45.0 Å². The maximum atomic E-state index is 13.4. The molecule has 2 amide bonds. The molecule has 0 radical (unpaired) electrons. The van der Waals surface area contributed by atoms with Gasteiger partial charge in [0.25, 0.3) is 5.89 Å². The molecule has 2 heterocycles. The summed E-state index contributed by atoms with van der Waals surface area (Å²) >= 11 is 0. The number of carbonyl (C=O) groups excluding carboxylic acids is 1. The molecule has 1 N–H and O–H groups in total. The van der Waals surface area contributed by atoms with Crippen molar-refractivity contribution in [3.63, 3.8) is 0 Å². The highest BCUT2D eigenvalue weighted by molar-refractivity contribution is 6.01. The number of hydrogen-bond acceptors (Lipinski definition) is 5. The van der Waals surface area contributed by atoms with Gasteiger partial charge in [0, 0.05) is 11.3 Å². The first-order valence-electron chi connectivity index (χ1n) is 11.4. The number of carbonyl (C=O) groups is 1. The van der Waals surface area contributed by atoms with Gasteiger partial charge in [0.1, 0.15) is 5.75 Å². The van der Waals surface area contributed by atoms with Crippen LogP contribution in [0.5, 0.6) is 5.75 Å². The summed E-state index contributed by atoms with van der Waals surface area (Å²) in [7, 11) is 1.62. The molecule has 1 aliphatic rings. The second-order valence-corrected chi connectivity index (χ2v) is 8.55. The van der Waals surface area contributed by atoms with Crippen molar-refractivity contribution in [3.8, 4) is 17.1 Å². The molecule has 0 aliphatic carbocycles. The minimum absolute atomic E-state index is 0.210. The second-order valence-electron chi connectivity index (χ2n) is 8.55. The Morgan fingerprint density at radius 1 is 0.943 bits per heavy atom. The smallest absolute Gasteiger partial charge is 0.326 e. The molecule has 7 heteroatoms. The van der Waals surface area contributed by atoms with Crippen molar-refractivity contribution in [1.29, 1.82) is 0 Å². The number of hydrogen-bond donors (Lipinski definition) is 1. The van der Waals surface area contributed by atoms with Gasteiger partial charge in [-0.25, -0.2) is 4.79 Å². The largest absolute Gasteiger partial charge is 0.497 e. The molecule has 35 heavy (non-hydrogen) atoms. The molecule has 0 spiro atoms. The predicted molar refractivity (Wildman–Crippen MR) is 135 cm³/mol. The molecule has 0 fully saturated rings. The van der Waals surface area contributed by atoms with Gasteiger partial charge < -0.3 is 14.6 Å². The average molecular weight is 467 g/mol. The van der Waals surface area contributed by atoms with Gasteiger partial charge in [0.15, 0.2) is 0 Å². The van der Waals surface area contributed by atoms with E-state index >= 15 is 0 Å². The van der Waals surface area contributed by atoms with Gasteiger partial charge in [-0.3, -0.25) is 4.90 Å². The Kier molecular flexibility index (Phi) is 5.82. The number of nitrogens with zero attached hydrogens (tertiary/aromatic N) is 3. The minimum atomic E-state index is -0.435. The zero-order chi connectivity index (χ0) is 24.5. The highest BCUT2D eigenvalue weighted by Gasteiger charge is 2.36. The predicted octanol–water partition coefficient (Wildman–Crippen LogP) is 6.06. The average Bonchev–Trinajstić information content (AvgIpc) is 3.36. The van der Waals surface area contributed by atoms with Crippen molar-refractivity contribution < 1.29 is 14.1 Å². The molecule has 0 saturated carbocycles. The number of methoxy groups -OCH3 is 1. The minimum Gasteiger partial charge on any atom is -0.497 e. The van der Waals surface area contributed by atoms with Gasteiger partial charge in [-0.05, 0) is 73.9 Å². The van der Waals surface area contributed by atoms with Crippen LogP contribution in [0, 0.1) is 13.8 Å². The summed E-state index contributed by atoms with van der Waals surface area (Å²) in [5, 5.41) is 7.37. The molecule has 1 aromatic heterocycles. The summed E-state index contributed by atoms with van der Waals surface area (Å²) in [6.07, 6.45) is 0. The van der Waals surface area contributed by atoms with Gasteiger partial charge >= 0.3 is 6.03 Å². The van der Waals surface area contributed by atoms with Crippen LogP contribution in [0.3, 0.4) is 0 Å². The van der Waals surface area contributed by atoms with Crippen LogP contribution in [0.2, 0.25) is 0 Å². The number of aromatic nitrogens is 2. The first-order valence-corrected chi connectivity index (χ1v) is 11.4. The molecule has 5 rings (SSSR count). The number of nitrogens with one attached hydrogen (secondary N) is 1. The zero-order valence-electron chi connectivity index (χ0n) is 20.1. The number of amides is 2. The molecule has 1 unspecified atom stereocenters. The van der Waals surface area contributed by atoms with E-state index in [0.29, 0.717) is 11.7 Å². The maximum Gasteiger partial charge on any atom is 0.326 e. The van der Waals surface area contributed by atoms with Crippen LogP contribution in [-0.4, -0.2) is 23.3 Å². The lowest BCUT2D eigenvalue weighted by atomic mass is 9.94. The van der Waals surface area contributed by atoms with Gasteiger partial charge in [-0.1, -0.05) is 41.6 Å². The van der Waals surface area contributed by atoms with Crippen molar-refractivity contribution in [2.24, 2.45) is 0 Å². The fraction of sp³-hybridized carbons (Fsp3) is 0.179. The Bertz CT molecular complexity index is 1410. The van der Waals surface area contributed by atoms with Crippen LogP contribution in [0.1, 0.15) is 35.5 Å². The first kappa shape index (κ1) is 22.4. The Hall–Kier alpha value is -4.39. The number of ether oxygens (including phenoxy) is 1. The molecule has 0 saturated heterocycles. The van der Waals surface area contributed by atoms with Crippen molar-refractivity contribution in [2.75, 3.05) is 12.0 Å². The third-order valence-electron chi connectivity index (χ3n) is 6.37. The van der Waals surface area contributed by atoms with E-state index in [2.05, 4.69) is 10.5 Å². The number of rotatable bonds is 5. The second kappa shape index (κ2) is 9.10. The summed E-state index contributed by atoms with van der Waals surface area (Å²) < 4.78 is 11.0. The molecule has 7 nitrogen and oxygen atoms in total. The van der Waals surface area contributed by atoms with Gasteiger partial charge in [0.2, 0.25) is 5.82 Å². The number of aryl methyl sites for hydroxylation is 2. The SMILES string of the molecule is COc1ccc(-c2noc(C3=C(C)N(c4ccc(C)c(C)c4)C(=O)NC3c3ccccc3)n2)cc1. The molecule has 0 bridgehead atoms. The summed E-state index contributed by atoms with van der Waals surface area (Å²) in [5.41, 5.74) is 6.27. The summed E-state index contributed by atoms with van der Waals surface area (Å²) in [5.74, 6) is 1.57. The van der Waals surface area contributed by atoms with E-state index in [9.17, 15) is 4.79 Å². The lowest BCUT2D eigenvalue weighted by Gasteiger charge is -2.35. The Labute approximate surface area is 204 Å². The van der Waals surface area contributed by atoms with Crippen molar-refractivity contribution in [3.05, 3.63) is 101 Å². The first-order chi connectivity index (χ1) is 17.0. The van der Waals surface area contributed by atoms with Crippen molar-refractivity contribution in [1.82, 2.24) is 15.5 Å². The third kappa shape index (κ3) is 4.17. The van der Waals surface area contributed by atoms with E-state index < -0.39 is 6.04 Å². The quantitative estimate of drug-likeness (QED) is 0.386. The van der Waals surface area contributed by atoms with Gasteiger partial charge in [-0.15, -0.1) is 0 Å². The molecular weight excluding hydrogens is 440 g/mol. The van der Waals surface area contributed by atoms with E-state index in [1.165, 1.54) is 0 Å². The number of anilines is 1. The van der Waals surface area contributed by atoms with Crippen LogP contribution >= 0.6 is 0 Å². The van der Waals surface area contributed by atoms with Crippen LogP contribution in [0.4, 0.5) is 10.5 Å². The molecular formula is C28H26N4O3. The summed E-state index contributed by atoms with van der Waals surface area (Å²) in [6.45, 7) is 6.00. The highest BCUT2D eigenvalue weighted by Crippen LogP contribution is 2.39. The van der Waals surface area contributed by atoms with E-state index in [1.807, 2.05) is 93.6 Å². The Morgan fingerprint density at radius 2 is 1.69 bits per heavy atom. The van der Waals surface area contributed by atoms with E-state index in [4.69, 9.17) is 14.2 Å². The Morgan fingerprint density at radius 3 is 2.37 bits per heavy atom.